The molecule has 5 heteroatoms. The number of hydrogen-bond donors (Lipinski definition) is 1. The van der Waals surface area contributed by atoms with E-state index in [9.17, 15) is 9.59 Å². The van der Waals surface area contributed by atoms with Gasteiger partial charge in [0.1, 0.15) is 0 Å². The summed E-state index contributed by atoms with van der Waals surface area (Å²) in [6.07, 6.45) is 0.109. The lowest BCUT2D eigenvalue weighted by atomic mass is 10.0. The highest BCUT2D eigenvalue weighted by molar-refractivity contribution is 9.10. The number of esters is 1. The third-order valence-electron chi connectivity index (χ3n) is 2.88. The Bertz CT molecular complexity index is 670. The summed E-state index contributed by atoms with van der Waals surface area (Å²) in [6, 6.07) is 14.2. The topological polar surface area (TPSA) is 55.4 Å². The molecular formula is C16H14BrNO3. The van der Waals surface area contributed by atoms with Gasteiger partial charge in [0.15, 0.2) is 0 Å². The minimum Gasteiger partial charge on any atom is -0.465 e. The molecule has 0 fully saturated rings. The lowest BCUT2D eigenvalue weighted by molar-refractivity contribution is -0.115. The maximum atomic E-state index is 12.1. The summed E-state index contributed by atoms with van der Waals surface area (Å²) in [4.78, 5) is 23.7. The summed E-state index contributed by atoms with van der Waals surface area (Å²) < 4.78 is 5.60. The Kier molecular flexibility index (Phi) is 5.11. The molecule has 21 heavy (non-hydrogen) atoms. The minimum absolute atomic E-state index is 0.109. The SMILES string of the molecule is COC(=O)c1ccccc1CC(=O)Nc1cccc(Br)c1. The fourth-order valence-corrected chi connectivity index (χ4v) is 2.33. The van der Waals surface area contributed by atoms with Gasteiger partial charge in [-0.05, 0) is 29.8 Å². The smallest absolute Gasteiger partial charge is 0.338 e. The highest BCUT2D eigenvalue weighted by atomic mass is 79.9. The van der Waals surface area contributed by atoms with Gasteiger partial charge in [0.25, 0.3) is 0 Å². The molecule has 1 N–H and O–H groups in total. The highest BCUT2D eigenvalue weighted by Gasteiger charge is 2.13. The Labute approximate surface area is 131 Å². The molecule has 0 heterocycles. The highest BCUT2D eigenvalue weighted by Crippen LogP contribution is 2.17. The van der Waals surface area contributed by atoms with Gasteiger partial charge in [0.2, 0.25) is 5.91 Å². The van der Waals surface area contributed by atoms with E-state index in [4.69, 9.17) is 4.74 Å². The normalized spacial score (nSPS) is 10.0. The van der Waals surface area contributed by atoms with Gasteiger partial charge in [-0.3, -0.25) is 4.79 Å². The summed E-state index contributed by atoms with van der Waals surface area (Å²) in [6.45, 7) is 0. The third kappa shape index (κ3) is 4.16. The molecule has 2 aromatic carbocycles. The zero-order chi connectivity index (χ0) is 15.2. The van der Waals surface area contributed by atoms with Crippen molar-refractivity contribution in [2.24, 2.45) is 0 Å². The van der Waals surface area contributed by atoms with E-state index in [1.807, 2.05) is 18.2 Å². The van der Waals surface area contributed by atoms with Crippen LogP contribution in [-0.4, -0.2) is 19.0 Å². The Morgan fingerprint density at radius 1 is 1.14 bits per heavy atom. The number of halogens is 1. The van der Waals surface area contributed by atoms with E-state index in [-0.39, 0.29) is 12.3 Å². The number of carbonyl (C=O) groups is 2. The van der Waals surface area contributed by atoms with Gasteiger partial charge in [-0.2, -0.15) is 0 Å². The first-order chi connectivity index (χ1) is 10.1. The van der Waals surface area contributed by atoms with Crippen molar-refractivity contribution < 1.29 is 14.3 Å². The predicted octanol–water partition coefficient (Wildman–Crippen LogP) is 3.42. The van der Waals surface area contributed by atoms with Gasteiger partial charge < -0.3 is 10.1 Å². The van der Waals surface area contributed by atoms with Crippen LogP contribution in [0.4, 0.5) is 5.69 Å². The second kappa shape index (κ2) is 7.04. The molecule has 0 unspecified atom stereocenters. The van der Waals surface area contributed by atoms with Crippen LogP contribution in [0.25, 0.3) is 0 Å². The lowest BCUT2D eigenvalue weighted by Crippen LogP contribution is -2.16. The quantitative estimate of drug-likeness (QED) is 0.862. The van der Waals surface area contributed by atoms with Crippen LogP contribution in [0.3, 0.4) is 0 Å². The molecule has 0 saturated carbocycles. The van der Waals surface area contributed by atoms with Crippen LogP contribution in [0.2, 0.25) is 0 Å². The predicted molar refractivity (Wildman–Crippen MR) is 84.3 cm³/mol. The van der Waals surface area contributed by atoms with Crippen molar-refractivity contribution >= 4 is 33.5 Å². The van der Waals surface area contributed by atoms with Crippen molar-refractivity contribution in [1.29, 1.82) is 0 Å². The lowest BCUT2D eigenvalue weighted by Gasteiger charge is -2.09. The monoisotopic (exact) mass is 347 g/mol. The summed E-state index contributed by atoms with van der Waals surface area (Å²) in [5.41, 5.74) is 1.74. The number of methoxy groups -OCH3 is 1. The van der Waals surface area contributed by atoms with Crippen molar-refractivity contribution in [1.82, 2.24) is 0 Å². The van der Waals surface area contributed by atoms with Crippen molar-refractivity contribution in [2.45, 2.75) is 6.42 Å². The molecule has 0 aliphatic rings. The first-order valence-corrected chi connectivity index (χ1v) is 7.11. The summed E-state index contributed by atoms with van der Waals surface area (Å²) in [5.74, 6) is -0.634. The van der Waals surface area contributed by atoms with Crippen LogP contribution in [0, 0.1) is 0 Å². The fourth-order valence-electron chi connectivity index (χ4n) is 1.93. The number of amides is 1. The number of ether oxygens (including phenoxy) is 1. The number of anilines is 1. The summed E-state index contributed by atoms with van der Waals surface area (Å²) >= 11 is 3.35. The van der Waals surface area contributed by atoms with E-state index < -0.39 is 5.97 Å². The molecule has 2 aromatic rings. The Hall–Kier alpha value is -2.14. The molecule has 4 nitrogen and oxygen atoms in total. The largest absolute Gasteiger partial charge is 0.465 e. The number of rotatable bonds is 4. The first kappa shape index (κ1) is 15.3. The average Bonchev–Trinajstić information content (AvgIpc) is 2.47. The molecule has 0 aliphatic heterocycles. The minimum atomic E-state index is -0.444. The van der Waals surface area contributed by atoms with E-state index in [1.54, 1.807) is 30.3 Å². The van der Waals surface area contributed by atoms with Gasteiger partial charge >= 0.3 is 5.97 Å². The van der Waals surface area contributed by atoms with Gasteiger partial charge in [-0.1, -0.05) is 40.2 Å². The second-order valence-corrected chi connectivity index (χ2v) is 5.30. The molecule has 0 aromatic heterocycles. The van der Waals surface area contributed by atoms with Gasteiger partial charge in [0.05, 0.1) is 19.1 Å². The van der Waals surface area contributed by atoms with E-state index >= 15 is 0 Å². The van der Waals surface area contributed by atoms with Gasteiger partial charge in [0, 0.05) is 10.2 Å². The molecule has 108 valence electrons. The number of benzene rings is 2. The molecule has 0 radical (unpaired) electrons. The zero-order valence-corrected chi connectivity index (χ0v) is 13.0. The summed E-state index contributed by atoms with van der Waals surface area (Å²) in [7, 11) is 1.32. The molecule has 1 amide bonds. The zero-order valence-electron chi connectivity index (χ0n) is 11.4. The van der Waals surface area contributed by atoms with Crippen molar-refractivity contribution in [3.05, 3.63) is 64.1 Å². The number of hydrogen-bond acceptors (Lipinski definition) is 3. The molecule has 0 bridgehead atoms. The molecule has 0 saturated heterocycles. The Balaban J connectivity index is 2.11. The van der Waals surface area contributed by atoms with Crippen LogP contribution in [0.5, 0.6) is 0 Å². The molecule has 2 rings (SSSR count). The third-order valence-corrected chi connectivity index (χ3v) is 3.38. The van der Waals surface area contributed by atoms with Crippen LogP contribution < -0.4 is 5.32 Å². The van der Waals surface area contributed by atoms with E-state index in [0.29, 0.717) is 16.8 Å². The van der Waals surface area contributed by atoms with Crippen molar-refractivity contribution in [3.8, 4) is 0 Å². The molecule has 0 aliphatic carbocycles. The standard InChI is InChI=1S/C16H14BrNO3/c1-21-16(20)14-8-3-2-5-11(14)9-15(19)18-13-7-4-6-12(17)10-13/h2-8,10H,9H2,1H3,(H,18,19). The van der Waals surface area contributed by atoms with E-state index in [1.165, 1.54) is 7.11 Å². The second-order valence-electron chi connectivity index (χ2n) is 4.38. The van der Waals surface area contributed by atoms with Crippen LogP contribution in [0.15, 0.2) is 53.0 Å². The fraction of sp³-hybridized carbons (Fsp3) is 0.125. The Morgan fingerprint density at radius 3 is 2.62 bits per heavy atom. The maximum absolute atomic E-state index is 12.1. The first-order valence-electron chi connectivity index (χ1n) is 6.32. The number of nitrogens with one attached hydrogen (secondary N) is 1. The summed E-state index contributed by atoms with van der Waals surface area (Å²) in [5, 5.41) is 2.79. The number of carbonyl (C=O) groups excluding carboxylic acids is 2. The molecular weight excluding hydrogens is 334 g/mol. The van der Waals surface area contributed by atoms with Crippen LogP contribution >= 0.6 is 15.9 Å². The van der Waals surface area contributed by atoms with Crippen LogP contribution in [-0.2, 0) is 16.0 Å². The molecule has 0 spiro atoms. The average molecular weight is 348 g/mol. The van der Waals surface area contributed by atoms with Crippen LogP contribution in [0.1, 0.15) is 15.9 Å². The van der Waals surface area contributed by atoms with E-state index in [0.717, 1.165) is 4.47 Å². The van der Waals surface area contributed by atoms with Crippen molar-refractivity contribution in [3.63, 3.8) is 0 Å². The van der Waals surface area contributed by atoms with Crippen molar-refractivity contribution in [2.75, 3.05) is 12.4 Å². The Morgan fingerprint density at radius 2 is 1.90 bits per heavy atom. The maximum Gasteiger partial charge on any atom is 0.338 e. The molecule has 0 atom stereocenters. The van der Waals surface area contributed by atoms with E-state index in [2.05, 4.69) is 21.2 Å². The van der Waals surface area contributed by atoms with Gasteiger partial charge in [-0.25, -0.2) is 4.79 Å². The van der Waals surface area contributed by atoms with Gasteiger partial charge in [-0.15, -0.1) is 0 Å².